The number of unbranched alkanes of at least 4 members (excludes halogenated alkanes) is 3. The lowest BCUT2D eigenvalue weighted by Gasteiger charge is -2.15. The van der Waals surface area contributed by atoms with Gasteiger partial charge in [0.1, 0.15) is 0 Å². The summed E-state index contributed by atoms with van der Waals surface area (Å²) < 4.78 is 10.2. The summed E-state index contributed by atoms with van der Waals surface area (Å²) in [4.78, 5) is 23.6. The Hall–Kier alpha value is -1.06. The molecular formula is C16H30O4. The second-order valence-corrected chi connectivity index (χ2v) is 5.14. The van der Waals surface area contributed by atoms with E-state index in [1.165, 1.54) is 0 Å². The molecule has 0 saturated heterocycles. The first-order valence-corrected chi connectivity index (χ1v) is 7.97. The molecule has 4 heteroatoms. The minimum atomic E-state index is -0.345. The molecule has 0 spiro atoms. The Labute approximate surface area is 123 Å². The van der Waals surface area contributed by atoms with Crippen LogP contribution in [-0.2, 0) is 19.1 Å². The van der Waals surface area contributed by atoms with Gasteiger partial charge < -0.3 is 9.47 Å². The summed E-state index contributed by atoms with van der Waals surface area (Å²) >= 11 is 0. The van der Waals surface area contributed by atoms with Gasteiger partial charge in [0.25, 0.3) is 0 Å². The molecule has 0 amide bonds. The smallest absolute Gasteiger partial charge is 0.309 e. The molecule has 0 saturated carbocycles. The minimum Gasteiger partial charge on any atom is -0.466 e. The van der Waals surface area contributed by atoms with Crippen molar-refractivity contribution in [2.45, 2.75) is 72.1 Å². The Morgan fingerprint density at radius 3 is 2.10 bits per heavy atom. The number of esters is 2. The van der Waals surface area contributed by atoms with Crippen LogP contribution in [0.25, 0.3) is 0 Å². The Morgan fingerprint density at radius 2 is 1.50 bits per heavy atom. The maximum absolute atomic E-state index is 11.9. The van der Waals surface area contributed by atoms with Crippen molar-refractivity contribution in [1.82, 2.24) is 0 Å². The maximum Gasteiger partial charge on any atom is 0.309 e. The fourth-order valence-corrected chi connectivity index (χ4v) is 1.92. The van der Waals surface area contributed by atoms with Crippen LogP contribution in [0.5, 0.6) is 0 Å². The Kier molecular flexibility index (Phi) is 12.3. The first-order valence-electron chi connectivity index (χ1n) is 7.97. The summed E-state index contributed by atoms with van der Waals surface area (Å²) in [7, 11) is 0. The second-order valence-electron chi connectivity index (χ2n) is 5.14. The van der Waals surface area contributed by atoms with Crippen LogP contribution in [0.1, 0.15) is 72.1 Å². The number of carbonyl (C=O) groups is 2. The minimum absolute atomic E-state index is 0.147. The van der Waals surface area contributed by atoms with Gasteiger partial charge in [-0.3, -0.25) is 9.59 Å². The zero-order valence-electron chi connectivity index (χ0n) is 13.3. The van der Waals surface area contributed by atoms with Gasteiger partial charge >= 0.3 is 11.9 Å². The fraction of sp³-hybridized carbons (Fsp3) is 0.875. The Balaban J connectivity index is 4.22. The molecule has 0 bridgehead atoms. The van der Waals surface area contributed by atoms with Gasteiger partial charge in [0, 0.05) is 0 Å². The second kappa shape index (κ2) is 12.9. The summed E-state index contributed by atoms with van der Waals surface area (Å²) in [5.74, 6) is -0.889. The van der Waals surface area contributed by atoms with E-state index in [1.807, 2.05) is 13.8 Å². The van der Waals surface area contributed by atoms with E-state index in [-0.39, 0.29) is 24.3 Å². The summed E-state index contributed by atoms with van der Waals surface area (Å²) in [6, 6.07) is 0. The van der Waals surface area contributed by atoms with Gasteiger partial charge in [0.05, 0.1) is 25.6 Å². The third kappa shape index (κ3) is 9.82. The highest BCUT2D eigenvalue weighted by atomic mass is 16.5. The number of rotatable bonds is 12. The molecule has 0 rings (SSSR count). The van der Waals surface area contributed by atoms with E-state index in [0.717, 1.165) is 38.5 Å². The summed E-state index contributed by atoms with van der Waals surface area (Å²) in [6.07, 6.45) is 6.83. The van der Waals surface area contributed by atoms with Gasteiger partial charge in [0.15, 0.2) is 0 Å². The summed E-state index contributed by atoms with van der Waals surface area (Å²) in [5.41, 5.74) is 0. The monoisotopic (exact) mass is 286 g/mol. The van der Waals surface area contributed by atoms with Gasteiger partial charge in [-0.05, 0) is 19.3 Å². The zero-order valence-corrected chi connectivity index (χ0v) is 13.3. The van der Waals surface area contributed by atoms with E-state index in [9.17, 15) is 9.59 Å². The average Bonchev–Trinajstić information content (AvgIpc) is 2.45. The van der Waals surface area contributed by atoms with Gasteiger partial charge in [-0.1, -0.05) is 46.5 Å². The van der Waals surface area contributed by atoms with Crippen LogP contribution in [-0.4, -0.2) is 25.2 Å². The van der Waals surface area contributed by atoms with E-state index in [0.29, 0.717) is 19.6 Å². The Morgan fingerprint density at radius 1 is 0.850 bits per heavy atom. The van der Waals surface area contributed by atoms with Crippen molar-refractivity contribution in [3.63, 3.8) is 0 Å². The van der Waals surface area contributed by atoms with Crippen LogP contribution in [0, 0.1) is 5.92 Å². The quantitative estimate of drug-likeness (QED) is 0.404. The van der Waals surface area contributed by atoms with Gasteiger partial charge in [-0.15, -0.1) is 0 Å². The molecule has 1 unspecified atom stereocenters. The molecule has 4 nitrogen and oxygen atoms in total. The third-order valence-electron chi connectivity index (χ3n) is 3.07. The molecule has 1 atom stereocenters. The lowest BCUT2D eigenvalue weighted by Crippen LogP contribution is -2.22. The summed E-state index contributed by atoms with van der Waals surface area (Å²) in [6.45, 7) is 6.90. The van der Waals surface area contributed by atoms with Crippen LogP contribution in [0.3, 0.4) is 0 Å². The molecular weight excluding hydrogens is 256 g/mol. The number of hydrogen-bond acceptors (Lipinski definition) is 4. The van der Waals surface area contributed by atoms with E-state index < -0.39 is 0 Å². The highest BCUT2D eigenvalue weighted by molar-refractivity contribution is 5.79. The topological polar surface area (TPSA) is 52.6 Å². The molecule has 0 aliphatic carbocycles. The molecule has 0 aromatic carbocycles. The molecule has 0 heterocycles. The Bertz CT molecular complexity index is 263. The van der Waals surface area contributed by atoms with Crippen LogP contribution >= 0.6 is 0 Å². The van der Waals surface area contributed by atoms with Crippen molar-refractivity contribution >= 4 is 11.9 Å². The van der Waals surface area contributed by atoms with Crippen LogP contribution in [0.2, 0.25) is 0 Å². The molecule has 118 valence electrons. The number of carbonyl (C=O) groups excluding carboxylic acids is 2. The van der Waals surface area contributed by atoms with E-state index in [4.69, 9.17) is 9.47 Å². The van der Waals surface area contributed by atoms with E-state index in [2.05, 4.69) is 6.92 Å². The van der Waals surface area contributed by atoms with Crippen molar-refractivity contribution in [3.8, 4) is 0 Å². The molecule has 0 fully saturated rings. The predicted octanol–water partition coefficient (Wildman–Crippen LogP) is 3.87. The zero-order chi connectivity index (χ0) is 15.2. The predicted molar refractivity (Wildman–Crippen MR) is 79.4 cm³/mol. The van der Waals surface area contributed by atoms with E-state index >= 15 is 0 Å². The van der Waals surface area contributed by atoms with Gasteiger partial charge in [-0.2, -0.15) is 0 Å². The first kappa shape index (κ1) is 18.9. The molecule has 0 radical (unpaired) electrons. The van der Waals surface area contributed by atoms with E-state index in [1.54, 1.807) is 0 Å². The van der Waals surface area contributed by atoms with Crippen molar-refractivity contribution in [2.75, 3.05) is 13.2 Å². The number of hydrogen-bond donors (Lipinski definition) is 0. The maximum atomic E-state index is 11.9. The summed E-state index contributed by atoms with van der Waals surface area (Å²) in [5, 5.41) is 0. The van der Waals surface area contributed by atoms with Crippen LogP contribution in [0.15, 0.2) is 0 Å². The van der Waals surface area contributed by atoms with Crippen molar-refractivity contribution in [3.05, 3.63) is 0 Å². The molecule has 0 aliphatic heterocycles. The first-order chi connectivity index (χ1) is 9.65. The third-order valence-corrected chi connectivity index (χ3v) is 3.07. The SMILES string of the molecule is CCCCCCC(CC(=O)OCCC)C(=O)OCCC. The lowest BCUT2D eigenvalue weighted by molar-refractivity contribution is -0.155. The van der Waals surface area contributed by atoms with Crippen molar-refractivity contribution < 1.29 is 19.1 Å². The normalized spacial score (nSPS) is 11.9. The average molecular weight is 286 g/mol. The largest absolute Gasteiger partial charge is 0.466 e. The molecule has 0 N–H and O–H groups in total. The standard InChI is InChI=1S/C16H30O4/c1-4-7-8-9-10-14(16(18)20-12-6-3)13-15(17)19-11-5-2/h14H,4-13H2,1-3H3. The number of ether oxygens (including phenoxy) is 2. The highest BCUT2D eigenvalue weighted by Crippen LogP contribution is 2.17. The van der Waals surface area contributed by atoms with Crippen molar-refractivity contribution in [1.29, 1.82) is 0 Å². The van der Waals surface area contributed by atoms with Crippen LogP contribution in [0.4, 0.5) is 0 Å². The van der Waals surface area contributed by atoms with Crippen molar-refractivity contribution in [2.24, 2.45) is 5.92 Å². The molecule has 0 aliphatic rings. The fourth-order valence-electron chi connectivity index (χ4n) is 1.92. The van der Waals surface area contributed by atoms with Gasteiger partial charge in [0.2, 0.25) is 0 Å². The molecule has 20 heavy (non-hydrogen) atoms. The molecule has 0 aromatic rings. The molecule has 0 aromatic heterocycles. The van der Waals surface area contributed by atoms with Crippen LogP contribution < -0.4 is 0 Å². The lowest BCUT2D eigenvalue weighted by atomic mass is 9.97. The van der Waals surface area contributed by atoms with Gasteiger partial charge in [-0.25, -0.2) is 0 Å². The highest BCUT2D eigenvalue weighted by Gasteiger charge is 2.23.